The van der Waals surface area contributed by atoms with Crippen molar-refractivity contribution < 1.29 is 89.4 Å². The summed E-state index contributed by atoms with van der Waals surface area (Å²) < 4.78 is 34.4. The van der Waals surface area contributed by atoms with Crippen molar-refractivity contribution in [1.29, 1.82) is 0 Å². The van der Waals surface area contributed by atoms with E-state index < -0.39 is 124 Å². The molecule has 95 heavy (non-hydrogen) atoms. The van der Waals surface area contributed by atoms with Gasteiger partial charge in [-0.25, -0.2) is 0 Å². The highest BCUT2D eigenvalue weighted by atomic mass is 16.8. The summed E-state index contributed by atoms with van der Waals surface area (Å²) in [5.41, 5.74) is 0. The highest BCUT2D eigenvalue weighted by Gasteiger charge is 2.53. The summed E-state index contributed by atoms with van der Waals surface area (Å²) in [5.74, 6) is -0.285. The summed E-state index contributed by atoms with van der Waals surface area (Å²) in [4.78, 5) is 13.4. The van der Waals surface area contributed by atoms with Crippen LogP contribution in [-0.4, -0.2) is 193 Å². The van der Waals surface area contributed by atoms with Gasteiger partial charge in [0, 0.05) is 6.42 Å². The van der Waals surface area contributed by atoms with Gasteiger partial charge in [-0.05, 0) is 70.6 Å². The van der Waals surface area contributed by atoms with E-state index in [-0.39, 0.29) is 18.9 Å². The molecule has 17 atom stereocenters. The molecular formula is C76H135NO18. The Balaban J connectivity index is 1.40. The second kappa shape index (κ2) is 56.9. The average Bonchev–Trinajstić information content (AvgIpc) is 0.786. The number of carbonyl (C=O) groups is 1. The second-order valence-electron chi connectivity index (χ2n) is 26.7. The van der Waals surface area contributed by atoms with Gasteiger partial charge in [-0.2, -0.15) is 0 Å². The number of aliphatic hydroxyl groups is 11. The number of nitrogens with one attached hydrogen (secondary N) is 1. The van der Waals surface area contributed by atoms with Gasteiger partial charge >= 0.3 is 0 Å². The number of hydrogen-bond acceptors (Lipinski definition) is 18. The highest BCUT2D eigenvalue weighted by Crippen LogP contribution is 2.33. The summed E-state index contributed by atoms with van der Waals surface area (Å²) in [6.45, 7) is 1.63. The number of carbonyl (C=O) groups excluding carboxylic acids is 1. The molecule has 0 saturated carbocycles. The van der Waals surface area contributed by atoms with E-state index in [0.29, 0.717) is 12.8 Å². The minimum atomic E-state index is -1.98. The molecule has 552 valence electrons. The van der Waals surface area contributed by atoms with Gasteiger partial charge in [-0.1, -0.05) is 267 Å². The Labute approximate surface area is 572 Å². The van der Waals surface area contributed by atoms with Gasteiger partial charge in [0.1, 0.15) is 73.2 Å². The third-order valence-electron chi connectivity index (χ3n) is 18.5. The van der Waals surface area contributed by atoms with Crippen molar-refractivity contribution in [2.45, 2.75) is 375 Å². The van der Waals surface area contributed by atoms with Crippen molar-refractivity contribution in [3.8, 4) is 0 Å². The molecule has 0 aromatic carbocycles. The quantitative estimate of drug-likeness (QED) is 0.0199. The van der Waals surface area contributed by atoms with Crippen molar-refractivity contribution >= 4 is 5.91 Å². The highest BCUT2D eigenvalue weighted by molar-refractivity contribution is 5.76. The molecule has 17 unspecified atom stereocenters. The van der Waals surface area contributed by atoms with E-state index in [9.17, 15) is 61.0 Å². The van der Waals surface area contributed by atoms with Crippen LogP contribution < -0.4 is 5.32 Å². The van der Waals surface area contributed by atoms with Gasteiger partial charge < -0.3 is 89.9 Å². The zero-order chi connectivity index (χ0) is 68.9. The molecule has 0 aromatic rings. The van der Waals surface area contributed by atoms with E-state index in [1.54, 1.807) is 6.08 Å². The van der Waals surface area contributed by atoms with Gasteiger partial charge in [-0.15, -0.1) is 0 Å². The fourth-order valence-electron chi connectivity index (χ4n) is 12.4. The summed E-state index contributed by atoms with van der Waals surface area (Å²) in [6.07, 6.45) is 45.9. The van der Waals surface area contributed by atoms with E-state index in [2.05, 4.69) is 79.9 Å². The van der Waals surface area contributed by atoms with Gasteiger partial charge in [0.2, 0.25) is 5.91 Å². The monoisotopic (exact) mass is 1350 g/mol. The Morgan fingerprint density at radius 1 is 0.389 bits per heavy atom. The van der Waals surface area contributed by atoms with Crippen molar-refractivity contribution in [3.63, 3.8) is 0 Å². The van der Waals surface area contributed by atoms with E-state index in [4.69, 9.17) is 28.4 Å². The molecule has 3 aliphatic heterocycles. The Morgan fingerprint density at radius 3 is 1.18 bits per heavy atom. The van der Waals surface area contributed by atoms with Crippen LogP contribution in [-0.2, 0) is 33.2 Å². The number of rotatable bonds is 58. The van der Waals surface area contributed by atoms with E-state index in [1.165, 1.54) is 173 Å². The van der Waals surface area contributed by atoms with Crippen molar-refractivity contribution in [2.75, 3.05) is 26.4 Å². The largest absolute Gasteiger partial charge is 0.394 e. The molecule has 19 heteroatoms. The third-order valence-corrected chi connectivity index (χ3v) is 18.5. The number of ether oxygens (including phenoxy) is 6. The summed E-state index contributed by atoms with van der Waals surface area (Å²) in [7, 11) is 0. The molecule has 3 aliphatic rings. The maximum atomic E-state index is 13.4. The first-order chi connectivity index (χ1) is 46.3. The lowest BCUT2D eigenvalue weighted by Crippen LogP contribution is -2.66. The Hall–Kier alpha value is -2.77. The zero-order valence-corrected chi connectivity index (χ0v) is 58.6. The summed E-state index contributed by atoms with van der Waals surface area (Å²) >= 11 is 0. The first-order valence-corrected chi connectivity index (χ1v) is 37.7. The van der Waals surface area contributed by atoms with Gasteiger partial charge in [0.25, 0.3) is 0 Å². The minimum Gasteiger partial charge on any atom is -0.394 e. The van der Waals surface area contributed by atoms with Crippen LogP contribution >= 0.6 is 0 Å². The molecule has 1 amide bonds. The molecule has 3 saturated heterocycles. The standard InChI is InChI=1S/C76H135NO18/c1-3-5-7-9-11-13-15-17-19-21-23-25-26-27-28-29-30-31-32-34-36-38-40-42-44-46-48-50-52-54-64(82)77-59(60(81)53-51-49-47-45-43-41-39-37-35-33-24-22-20-18-16-14-12-10-8-6-4-2)58-90-74-70(88)67(85)72(62(56-79)92-74)95-76-71(89)68(86)73(63(57-80)93-76)94-75-69(87)66(84)65(83)61(55-78)91-75/h5,7,11,13,17,19,23,25,43,45,51,53,59-63,65-76,78-81,83-89H,3-4,6,8-10,12,14-16,18,20-22,24,26-42,44,46-50,52,54-58H2,1-2H3,(H,77,82)/b7-5-,13-11-,19-17-,25-23-,45-43+,53-51+. The first kappa shape index (κ1) is 86.5. The SMILES string of the molecule is CC/C=C\C/C=C\C/C=C\C/C=C\CCCCCCCCCCCCCCCCCCC(=O)NC(COC1OC(CO)C(OC2OC(CO)C(OC3OC(CO)C(O)C(O)C3O)C(O)C2O)C(O)C1O)C(O)/C=C/CC/C=C/CCCCCCCCCCCCCCCCC. The molecule has 0 aliphatic carbocycles. The lowest BCUT2D eigenvalue weighted by atomic mass is 9.96. The smallest absolute Gasteiger partial charge is 0.220 e. The van der Waals surface area contributed by atoms with Crippen molar-refractivity contribution in [3.05, 3.63) is 72.9 Å². The van der Waals surface area contributed by atoms with Crippen molar-refractivity contribution in [1.82, 2.24) is 5.32 Å². The van der Waals surface area contributed by atoms with Crippen LogP contribution in [0.3, 0.4) is 0 Å². The minimum absolute atomic E-state index is 0.234. The Kier molecular flexibility index (Phi) is 51.8. The van der Waals surface area contributed by atoms with Crippen LogP contribution in [0.1, 0.15) is 271 Å². The van der Waals surface area contributed by atoms with Gasteiger partial charge in [-0.3, -0.25) is 4.79 Å². The van der Waals surface area contributed by atoms with Crippen LogP contribution in [0.5, 0.6) is 0 Å². The fourth-order valence-corrected chi connectivity index (χ4v) is 12.4. The number of amides is 1. The molecule has 19 nitrogen and oxygen atoms in total. The predicted molar refractivity (Wildman–Crippen MR) is 374 cm³/mol. The first-order valence-electron chi connectivity index (χ1n) is 37.7. The summed E-state index contributed by atoms with van der Waals surface area (Å²) in [6, 6.07) is -0.993. The van der Waals surface area contributed by atoms with Crippen LogP contribution in [0.4, 0.5) is 0 Å². The topological polar surface area (TPSA) is 307 Å². The predicted octanol–water partition coefficient (Wildman–Crippen LogP) is 11.3. The van der Waals surface area contributed by atoms with E-state index >= 15 is 0 Å². The lowest BCUT2D eigenvalue weighted by molar-refractivity contribution is -0.379. The van der Waals surface area contributed by atoms with Crippen LogP contribution in [0.15, 0.2) is 72.9 Å². The van der Waals surface area contributed by atoms with Crippen LogP contribution in [0.2, 0.25) is 0 Å². The zero-order valence-electron chi connectivity index (χ0n) is 58.6. The lowest BCUT2D eigenvalue weighted by Gasteiger charge is -2.48. The average molecular weight is 1350 g/mol. The Bertz CT molecular complexity index is 2000. The molecule has 3 heterocycles. The molecular weight excluding hydrogens is 1210 g/mol. The molecule has 3 rings (SSSR count). The maximum Gasteiger partial charge on any atom is 0.220 e. The molecule has 3 fully saturated rings. The molecule has 0 bridgehead atoms. The number of aliphatic hydroxyl groups excluding tert-OH is 11. The third kappa shape index (κ3) is 38.0. The number of allylic oxidation sites excluding steroid dienone is 11. The molecule has 0 aromatic heterocycles. The molecule has 0 spiro atoms. The number of hydrogen-bond donors (Lipinski definition) is 12. The second-order valence-corrected chi connectivity index (χ2v) is 26.7. The fraction of sp³-hybridized carbons (Fsp3) is 0.829. The maximum absolute atomic E-state index is 13.4. The van der Waals surface area contributed by atoms with Crippen LogP contribution in [0.25, 0.3) is 0 Å². The molecule has 12 N–H and O–H groups in total. The Morgan fingerprint density at radius 2 is 0.737 bits per heavy atom. The summed E-state index contributed by atoms with van der Waals surface area (Å²) in [5, 5.41) is 121. The van der Waals surface area contributed by atoms with E-state index in [1.807, 2.05) is 6.08 Å². The van der Waals surface area contributed by atoms with E-state index in [0.717, 1.165) is 64.2 Å². The van der Waals surface area contributed by atoms with Gasteiger partial charge in [0.15, 0.2) is 18.9 Å². The van der Waals surface area contributed by atoms with Crippen LogP contribution in [0, 0.1) is 0 Å². The van der Waals surface area contributed by atoms with Crippen molar-refractivity contribution in [2.24, 2.45) is 0 Å². The normalized spacial score (nSPS) is 27.6. The number of unbranched alkanes of at least 4 members (excludes halogenated alkanes) is 32. The molecule has 0 radical (unpaired) electrons. The van der Waals surface area contributed by atoms with Gasteiger partial charge in [0.05, 0.1) is 38.6 Å².